The van der Waals surface area contributed by atoms with E-state index < -0.39 is 0 Å². The molecule has 19 heavy (non-hydrogen) atoms. The molecule has 0 bridgehead atoms. The predicted molar refractivity (Wildman–Crippen MR) is 80.5 cm³/mol. The zero-order chi connectivity index (χ0) is 14.1. The van der Waals surface area contributed by atoms with E-state index in [9.17, 15) is 0 Å². The number of ether oxygens (including phenoxy) is 1. The van der Waals surface area contributed by atoms with Crippen molar-refractivity contribution in [2.45, 2.75) is 52.5 Å². The van der Waals surface area contributed by atoms with Crippen LogP contribution in [-0.2, 0) is 0 Å². The first-order valence-electron chi connectivity index (χ1n) is 7.47. The van der Waals surface area contributed by atoms with Gasteiger partial charge in [-0.2, -0.15) is 0 Å². The van der Waals surface area contributed by atoms with Crippen molar-refractivity contribution >= 4 is 0 Å². The van der Waals surface area contributed by atoms with E-state index in [4.69, 9.17) is 4.74 Å². The minimum absolute atomic E-state index is 0.263. The molecule has 0 saturated carbocycles. The quantitative estimate of drug-likeness (QED) is 0.733. The number of nitrogens with zero attached hydrogens (tertiary/aromatic N) is 1. The molecule has 108 valence electrons. The minimum atomic E-state index is 0.263. The van der Waals surface area contributed by atoms with E-state index in [1.54, 1.807) is 6.20 Å². The average Bonchev–Trinajstić information content (AvgIpc) is 2.47. The van der Waals surface area contributed by atoms with Gasteiger partial charge in [0.15, 0.2) is 0 Å². The molecule has 1 rings (SSSR count). The number of hydrogen-bond donors (Lipinski definition) is 1. The Kier molecular flexibility index (Phi) is 7.49. The van der Waals surface area contributed by atoms with Crippen molar-refractivity contribution in [3.8, 4) is 5.88 Å². The summed E-state index contributed by atoms with van der Waals surface area (Å²) in [6.45, 7) is 7.37. The second-order valence-corrected chi connectivity index (χ2v) is 5.14. The highest BCUT2D eigenvalue weighted by Crippen LogP contribution is 2.23. The second-order valence-electron chi connectivity index (χ2n) is 5.14. The van der Waals surface area contributed by atoms with E-state index in [1.807, 2.05) is 13.1 Å². The highest BCUT2D eigenvalue weighted by atomic mass is 16.5. The first-order valence-corrected chi connectivity index (χ1v) is 7.47. The molecule has 0 aliphatic heterocycles. The minimum Gasteiger partial charge on any atom is -0.477 e. The lowest BCUT2D eigenvalue weighted by atomic mass is 10.0. The second kappa shape index (κ2) is 8.92. The Morgan fingerprint density at radius 2 is 2.16 bits per heavy atom. The van der Waals surface area contributed by atoms with E-state index in [0.717, 1.165) is 18.1 Å². The van der Waals surface area contributed by atoms with Gasteiger partial charge in [0.1, 0.15) is 0 Å². The van der Waals surface area contributed by atoms with Crippen LogP contribution in [0.25, 0.3) is 0 Å². The van der Waals surface area contributed by atoms with Crippen molar-refractivity contribution in [3.63, 3.8) is 0 Å². The normalized spacial score (nSPS) is 14.1. The maximum atomic E-state index is 5.96. The fourth-order valence-corrected chi connectivity index (χ4v) is 2.10. The molecule has 2 unspecified atom stereocenters. The fourth-order valence-electron chi connectivity index (χ4n) is 2.10. The molecule has 0 spiro atoms. The van der Waals surface area contributed by atoms with Gasteiger partial charge in [-0.15, -0.1) is 0 Å². The van der Waals surface area contributed by atoms with Crippen molar-refractivity contribution in [3.05, 3.63) is 23.9 Å². The molecule has 0 aromatic carbocycles. The molecule has 0 radical (unpaired) electrons. The zero-order valence-corrected chi connectivity index (χ0v) is 12.8. The van der Waals surface area contributed by atoms with Gasteiger partial charge < -0.3 is 10.1 Å². The molecule has 2 atom stereocenters. The Balaban J connectivity index is 2.61. The van der Waals surface area contributed by atoms with Crippen LogP contribution in [0.2, 0.25) is 0 Å². The van der Waals surface area contributed by atoms with Crippen LogP contribution in [0, 0.1) is 5.92 Å². The van der Waals surface area contributed by atoms with E-state index in [2.05, 4.69) is 37.1 Å². The van der Waals surface area contributed by atoms with Gasteiger partial charge in [0.25, 0.3) is 0 Å². The van der Waals surface area contributed by atoms with Crippen LogP contribution < -0.4 is 10.1 Å². The molecule has 0 aliphatic carbocycles. The topological polar surface area (TPSA) is 34.1 Å². The Labute approximate surface area is 117 Å². The summed E-state index contributed by atoms with van der Waals surface area (Å²) in [4.78, 5) is 4.37. The fraction of sp³-hybridized carbons (Fsp3) is 0.688. The molecular formula is C16H28N2O. The standard InChI is InChI=1S/C16H28N2O/c1-5-7-9-14(6-2)12-19-16-15(13(3)17-4)10-8-11-18-16/h8,10-11,13-14,17H,5-7,9,12H2,1-4H3. The summed E-state index contributed by atoms with van der Waals surface area (Å²) in [5.41, 5.74) is 1.13. The molecule has 1 aromatic heterocycles. The molecule has 0 fully saturated rings. The van der Waals surface area contributed by atoms with Gasteiger partial charge in [0.2, 0.25) is 5.88 Å². The van der Waals surface area contributed by atoms with Gasteiger partial charge in [0, 0.05) is 17.8 Å². The maximum absolute atomic E-state index is 5.96. The van der Waals surface area contributed by atoms with E-state index in [0.29, 0.717) is 5.92 Å². The van der Waals surface area contributed by atoms with Crippen molar-refractivity contribution in [1.82, 2.24) is 10.3 Å². The van der Waals surface area contributed by atoms with Crippen LogP contribution >= 0.6 is 0 Å². The van der Waals surface area contributed by atoms with Crippen molar-refractivity contribution < 1.29 is 4.74 Å². The number of pyridine rings is 1. The first kappa shape index (κ1) is 16.0. The summed E-state index contributed by atoms with van der Waals surface area (Å²) >= 11 is 0. The molecule has 1 heterocycles. The maximum Gasteiger partial charge on any atom is 0.218 e. The lowest BCUT2D eigenvalue weighted by molar-refractivity contribution is 0.222. The Hall–Kier alpha value is -1.09. The van der Waals surface area contributed by atoms with Crippen LogP contribution in [0.3, 0.4) is 0 Å². The third kappa shape index (κ3) is 5.19. The molecule has 1 N–H and O–H groups in total. The molecule has 0 amide bonds. The van der Waals surface area contributed by atoms with E-state index in [1.165, 1.54) is 25.7 Å². The van der Waals surface area contributed by atoms with E-state index >= 15 is 0 Å². The molecule has 1 aromatic rings. The highest BCUT2D eigenvalue weighted by molar-refractivity contribution is 5.28. The van der Waals surface area contributed by atoms with Crippen molar-refractivity contribution in [2.75, 3.05) is 13.7 Å². The van der Waals surface area contributed by atoms with Crippen molar-refractivity contribution in [1.29, 1.82) is 0 Å². The first-order chi connectivity index (χ1) is 9.22. The van der Waals surface area contributed by atoms with Crippen LogP contribution in [0.4, 0.5) is 0 Å². The van der Waals surface area contributed by atoms with Gasteiger partial charge in [-0.1, -0.05) is 39.2 Å². The summed E-state index contributed by atoms with van der Waals surface area (Å²) in [6, 6.07) is 4.31. The number of nitrogens with one attached hydrogen (secondary N) is 1. The third-order valence-corrected chi connectivity index (χ3v) is 3.70. The van der Waals surface area contributed by atoms with Crippen LogP contribution in [0.5, 0.6) is 5.88 Å². The number of rotatable bonds is 9. The largest absolute Gasteiger partial charge is 0.477 e. The molecular weight excluding hydrogens is 236 g/mol. The van der Waals surface area contributed by atoms with E-state index in [-0.39, 0.29) is 6.04 Å². The van der Waals surface area contributed by atoms with Crippen LogP contribution in [0.1, 0.15) is 58.1 Å². The highest BCUT2D eigenvalue weighted by Gasteiger charge is 2.13. The Morgan fingerprint density at radius 1 is 1.37 bits per heavy atom. The lowest BCUT2D eigenvalue weighted by Crippen LogP contribution is -2.17. The number of unbranched alkanes of at least 4 members (excludes halogenated alkanes) is 1. The Bertz CT molecular complexity index is 354. The van der Waals surface area contributed by atoms with Gasteiger partial charge in [-0.3, -0.25) is 0 Å². The number of hydrogen-bond acceptors (Lipinski definition) is 3. The summed E-state index contributed by atoms with van der Waals surface area (Å²) in [5, 5.41) is 3.24. The molecule has 3 heteroatoms. The van der Waals surface area contributed by atoms with Gasteiger partial charge >= 0.3 is 0 Å². The third-order valence-electron chi connectivity index (χ3n) is 3.70. The number of aromatic nitrogens is 1. The molecule has 0 aliphatic rings. The van der Waals surface area contributed by atoms with Crippen molar-refractivity contribution in [2.24, 2.45) is 5.92 Å². The van der Waals surface area contributed by atoms with Gasteiger partial charge in [-0.25, -0.2) is 4.98 Å². The monoisotopic (exact) mass is 264 g/mol. The van der Waals surface area contributed by atoms with Gasteiger partial charge in [0.05, 0.1) is 6.61 Å². The average molecular weight is 264 g/mol. The van der Waals surface area contributed by atoms with Gasteiger partial charge in [-0.05, 0) is 32.4 Å². The lowest BCUT2D eigenvalue weighted by Gasteiger charge is -2.18. The smallest absolute Gasteiger partial charge is 0.218 e. The molecule has 0 saturated heterocycles. The molecule has 3 nitrogen and oxygen atoms in total. The summed E-state index contributed by atoms with van der Waals surface area (Å²) in [6.07, 6.45) is 6.75. The summed E-state index contributed by atoms with van der Waals surface area (Å²) in [7, 11) is 1.96. The van der Waals surface area contributed by atoms with Crippen LogP contribution in [-0.4, -0.2) is 18.6 Å². The summed E-state index contributed by atoms with van der Waals surface area (Å²) < 4.78 is 5.96. The summed E-state index contributed by atoms with van der Waals surface area (Å²) in [5.74, 6) is 1.42. The Morgan fingerprint density at radius 3 is 2.79 bits per heavy atom. The predicted octanol–water partition coefficient (Wildman–Crippen LogP) is 3.96. The zero-order valence-electron chi connectivity index (χ0n) is 12.8. The van der Waals surface area contributed by atoms with Crippen LogP contribution in [0.15, 0.2) is 18.3 Å². The SMILES string of the molecule is CCCCC(CC)COc1ncccc1C(C)NC.